The average Bonchev–Trinajstić information content (AvgIpc) is 3.49. The van der Waals surface area contributed by atoms with Crippen molar-refractivity contribution < 1.29 is 47.6 Å². The molecule has 0 aromatic heterocycles. The van der Waals surface area contributed by atoms with E-state index in [1.807, 2.05) is 30.3 Å². The normalized spacial score (nSPS) is 20.2. The molecular formula is C35H46N5O10P. The summed E-state index contributed by atoms with van der Waals surface area (Å²) in [5.74, 6) is -2.99. The summed E-state index contributed by atoms with van der Waals surface area (Å²) >= 11 is 0. The standard InChI is InChI=1S/C35H46N5O10P/c1-22(41)37-29(21-24-11-15-26(16-12-24)50-51(47,48)49)33(44)39-28-10-6-5-9-25-14-18-30(40(25)35(28)46)34(45)38-27(17-20-32(36)43)31(42)19-13-23-7-3-2-4-8-23/h2-4,7-8,11-12,15-16,25,27-30H,5-6,9-10,13-14,17-21H2,1H3,(H2,36,43)(H,37,41)(H,38,45)(H,39,44)(H2,47,48,49)/t25-,27-,28-,29?,30-/m0/s1. The third-order valence-electron chi connectivity index (χ3n) is 9.12. The number of Topliss-reactive ketones (excluding diaryl/α,β-unsaturated/α-hetero) is 1. The lowest BCUT2D eigenvalue weighted by Crippen LogP contribution is -2.59. The van der Waals surface area contributed by atoms with Gasteiger partial charge in [0.15, 0.2) is 5.78 Å². The van der Waals surface area contributed by atoms with Crippen molar-refractivity contribution in [3.8, 4) is 5.75 Å². The number of amides is 5. The highest BCUT2D eigenvalue weighted by Gasteiger charge is 2.44. The molecule has 0 saturated carbocycles. The van der Waals surface area contributed by atoms with Gasteiger partial charge < -0.3 is 31.1 Å². The van der Waals surface area contributed by atoms with Crippen molar-refractivity contribution >= 4 is 43.1 Å². The Bertz CT molecular complexity index is 1620. The molecule has 2 saturated heterocycles. The van der Waals surface area contributed by atoms with Crippen LogP contribution >= 0.6 is 7.82 Å². The largest absolute Gasteiger partial charge is 0.524 e. The summed E-state index contributed by atoms with van der Waals surface area (Å²) in [5.41, 5.74) is 6.87. The molecule has 1 unspecified atom stereocenters. The molecule has 15 nitrogen and oxygen atoms in total. The van der Waals surface area contributed by atoms with Gasteiger partial charge in [-0.05, 0) is 61.8 Å². The minimum Gasteiger partial charge on any atom is -0.404 e. The number of primary amides is 1. The Morgan fingerprint density at radius 3 is 2.24 bits per heavy atom. The number of hydrogen-bond acceptors (Lipinski definition) is 8. The first-order valence-corrected chi connectivity index (χ1v) is 18.6. The van der Waals surface area contributed by atoms with E-state index >= 15 is 0 Å². The maximum atomic E-state index is 14.1. The second-order valence-electron chi connectivity index (χ2n) is 13.0. The Morgan fingerprint density at radius 1 is 0.902 bits per heavy atom. The lowest BCUT2D eigenvalue weighted by Gasteiger charge is -2.36. The fraction of sp³-hybridized carbons (Fsp3) is 0.486. The van der Waals surface area contributed by atoms with Gasteiger partial charge in [0, 0.05) is 32.2 Å². The second kappa shape index (κ2) is 18.1. The second-order valence-corrected chi connectivity index (χ2v) is 14.2. The molecule has 16 heteroatoms. The number of hydrogen-bond donors (Lipinski definition) is 6. The van der Waals surface area contributed by atoms with E-state index in [1.54, 1.807) is 0 Å². The molecule has 2 aromatic rings. The predicted molar refractivity (Wildman–Crippen MR) is 185 cm³/mol. The Hall–Kier alpha value is -4.59. The van der Waals surface area contributed by atoms with Crippen LogP contribution in [0.3, 0.4) is 0 Å². The first kappa shape index (κ1) is 39.2. The van der Waals surface area contributed by atoms with Gasteiger partial charge in [-0.15, -0.1) is 0 Å². The molecular weight excluding hydrogens is 681 g/mol. The zero-order chi connectivity index (χ0) is 37.1. The zero-order valence-corrected chi connectivity index (χ0v) is 29.4. The van der Waals surface area contributed by atoms with Gasteiger partial charge in [0.25, 0.3) is 0 Å². The predicted octanol–water partition coefficient (Wildman–Crippen LogP) is 1.58. The van der Waals surface area contributed by atoms with E-state index in [4.69, 9.17) is 15.5 Å². The van der Waals surface area contributed by atoms with Gasteiger partial charge in [-0.2, -0.15) is 0 Å². The summed E-state index contributed by atoms with van der Waals surface area (Å²) < 4.78 is 15.7. The molecule has 2 aromatic carbocycles. The molecule has 2 aliphatic heterocycles. The number of benzene rings is 2. The topological polar surface area (TPSA) is 235 Å². The third kappa shape index (κ3) is 12.0. The van der Waals surface area contributed by atoms with Crippen molar-refractivity contribution in [2.75, 3.05) is 0 Å². The highest BCUT2D eigenvalue weighted by atomic mass is 31.2. The minimum atomic E-state index is -4.76. The van der Waals surface area contributed by atoms with Crippen LogP contribution < -0.4 is 26.2 Å². The van der Waals surface area contributed by atoms with Crippen LogP contribution in [0.15, 0.2) is 54.6 Å². The zero-order valence-electron chi connectivity index (χ0n) is 28.5. The first-order valence-electron chi connectivity index (χ1n) is 17.1. The van der Waals surface area contributed by atoms with Crippen molar-refractivity contribution in [3.63, 3.8) is 0 Å². The van der Waals surface area contributed by atoms with Gasteiger partial charge in [0.1, 0.15) is 23.9 Å². The number of aryl methyl sites for hydroxylation is 1. The van der Waals surface area contributed by atoms with E-state index in [-0.39, 0.29) is 43.3 Å². The van der Waals surface area contributed by atoms with E-state index in [9.17, 15) is 33.3 Å². The summed E-state index contributed by atoms with van der Waals surface area (Å²) in [6.45, 7) is 1.25. The van der Waals surface area contributed by atoms with Crippen LogP contribution in [0.1, 0.15) is 75.8 Å². The Balaban J connectivity index is 1.46. The third-order valence-corrected chi connectivity index (χ3v) is 9.57. The van der Waals surface area contributed by atoms with Crippen LogP contribution in [0.25, 0.3) is 0 Å². The molecule has 7 N–H and O–H groups in total. The molecule has 5 atom stereocenters. The molecule has 51 heavy (non-hydrogen) atoms. The number of carbonyl (C=O) groups excluding carboxylic acids is 6. The quantitative estimate of drug-likeness (QED) is 0.137. The molecule has 0 bridgehead atoms. The van der Waals surface area contributed by atoms with E-state index in [1.165, 1.54) is 36.1 Å². The maximum absolute atomic E-state index is 14.1. The number of nitrogens with zero attached hydrogens (tertiary/aromatic N) is 1. The molecule has 4 rings (SSSR count). The van der Waals surface area contributed by atoms with E-state index in [0.29, 0.717) is 44.1 Å². The van der Waals surface area contributed by atoms with Crippen molar-refractivity contribution in [1.29, 1.82) is 0 Å². The molecule has 2 aliphatic rings. The average molecular weight is 728 g/mol. The van der Waals surface area contributed by atoms with Crippen molar-refractivity contribution in [2.24, 2.45) is 5.73 Å². The minimum absolute atomic E-state index is 0.00484. The Kier molecular flexibility index (Phi) is 13.9. The number of carbonyl (C=O) groups is 6. The van der Waals surface area contributed by atoms with E-state index in [2.05, 4.69) is 20.5 Å². The highest BCUT2D eigenvalue weighted by molar-refractivity contribution is 7.46. The monoisotopic (exact) mass is 727 g/mol. The van der Waals surface area contributed by atoms with E-state index in [0.717, 1.165) is 12.0 Å². The molecule has 276 valence electrons. The van der Waals surface area contributed by atoms with Crippen molar-refractivity contribution in [3.05, 3.63) is 65.7 Å². The highest BCUT2D eigenvalue weighted by Crippen LogP contribution is 2.37. The summed E-state index contributed by atoms with van der Waals surface area (Å²) in [5, 5.41) is 8.19. The van der Waals surface area contributed by atoms with Gasteiger partial charge in [0.05, 0.1) is 6.04 Å². The van der Waals surface area contributed by atoms with Crippen LogP contribution in [0.4, 0.5) is 0 Å². The van der Waals surface area contributed by atoms with Crippen molar-refractivity contribution in [1.82, 2.24) is 20.9 Å². The number of phosphoric acid groups is 1. The fourth-order valence-electron chi connectivity index (χ4n) is 6.66. The Morgan fingerprint density at radius 2 is 1.59 bits per heavy atom. The molecule has 5 amide bonds. The van der Waals surface area contributed by atoms with Crippen LogP contribution in [-0.2, 0) is 46.2 Å². The maximum Gasteiger partial charge on any atom is 0.524 e. The summed E-state index contributed by atoms with van der Waals surface area (Å²) in [6, 6.07) is 10.9. The van der Waals surface area contributed by atoms with Gasteiger partial charge in [-0.3, -0.25) is 38.6 Å². The number of nitrogens with one attached hydrogen (secondary N) is 3. The number of nitrogens with two attached hydrogens (primary N) is 1. The lowest BCUT2D eigenvalue weighted by atomic mass is 9.98. The summed E-state index contributed by atoms with van der Waals surface area (Å²) in [6.07, 6.45) is 3.83. The molecule has 0 radical (unpaired) electrons. The number of ketones is 1. The SMILES string of the molecule is CC(=O)NC(Cc1ccc(OP(=O)(O)O)cc1)C(=O)N[C@H]1CCCC[C@H]2CC[C@@H](C(=O)N[C@@H](CCC(N)=O)C(=O)CCc3ccccc3)N2C1=O. The van der Waals surface area contributed by atoms with Crippen molar-refractivity contribution in [2.45, 2.75) is 108 Å². The van der Waals surface area contributed by atoms with Gasteiger partial charge in [0.2, 0.25) is 29.5 Å². The molecule has 2 fully saturated rings. The number of phosphoric ester groups is 1. The van der Waals surface area contributed by atoms with Crippen LogP contribution in [0.2, 0.25) is 0 Å². The number of fused-ring (bicyclic) bond motifs is 1. The number of rotatable bonds is 16. The molecule has 0 spiro atoms. The van der Waals surface area contributed by atoms with Crippen LogP contribution in [0.5, 0.6) is 5.75 Å². The molecule has 2 heterocycles. The lowest BCUT2D eigenvalue weighted by molar-refractivity contribution is -0.145. The van der Waals surface area contributed by atoms with E-state index < -0.39 is 61.5 Å². The first-order chi connectivity index (χ1) is 24.2. The van der Waals surface area contributed by atoms with Crippen LogP contribution in [-0.4, -0.2) is 80.2 Å². The smallest absolute Gasteiger partial charge is 0.404 e. The van der Waals surface area contributed by atoms with Gasteiger partial charge >= 0.3 is 7.82 Å². The van der Waals surface area contributed by atoms with Gasteiger partial charge in [-0.1, -0.05) is 55.3 Å². The van der Waals surface area contributed by atoms with Gasteiger partial charge in [-0.25, -0.2) is 4.57 Å². The van der Waals surface area contributed by atoms with Crippen LogP contribution in [0, 0.1) is 0 Å². The molecule has 0 aliphatic carbocycles. The summed E-state index contributed by atoms with van der Waals surface area (Å²) in [4.78, 5) is 98.0. The summed E-state index contributed by atoms with van der Waals surface area (Å²) in [7, 11) is -4.76. The fourth-order valence-corrected chi connectivity index (χ4v) is 7.06. The Labute approximate surface area is 296 Å².